The Balaban J connectivity index is 1.83. The predicted molar refractivity (Wildman–Crippen MR) is 75.8 cm³/mol. The number of nitrogens with zero attached hydrogens (tertiary/aromatic N) is 1. The predicted octanol–water partition coefficient (Wildman–Crippen LogP) is 2.85. The number of nitrogens with one attached hydrogen (secondary N) is 1. The Morgan fingerprint density at radius 3 is 2.81 bits per heavy atom. The molecule has 0 radical (unpaired) electrons. The number of halogens is 1. The molecule has 4 nitrogen and oxygen atoms in total. The Kier molecular flexibility index (Phi) is 5.02. The Hall–Kier alpha value is -2.71. The van der Waals surface area contributed by atoms with Crippen LogP contribution in [0.2, 0.25) is 0 Å². The Bertz CT molecular complexity index is 680. The van der Waals surface area contributed by atoms with E-state index < -0.39 is 0 Å². The van der Waals surface area contributed by atoms with E-state index in [0.717, 1.165) is 0 Å². The minimum Gasteiger partial charge on any atom is -0.367 e. The van der Waals surface area contributed by atoms with Crippen LogP contribution >= 0.6 is 0 Å². The zero-order valence-corrected chi connectivity index (χ0v) is 11.2. The maximum Gasteiger partial charge on any atom is 0.250 e. The van der Waals surface area contributed by atoms with Gasteiger partial charge in [-0.1, -0.05) is 24.3 Å². The monoisotopic (exact) mass is 284 g/mol. The maximum atomic E-state index is 13.3. The van der Waals surface area contributed by atoms with Gasteiger partial charge in [0, 0.05) is 11.3 Å². The zero-order chi connectivity index (χ0) is 15.1. The van der Waals surface area contributed by atoms with Crippen LogP contribution in [0.25, 0.3) is 0 Å². The summed E-state index contributed by atoms with van der Waals surface area (Å²) in [6.07, 6.45) is 0. The van der Waals surface area contributed by atoms with Gasteiger partial charge in [0.25, 0.3) is 0 Å². The summed E-state index contributed by atoms with van der Waals surface area (Å²) >= 11 is 0. The first-order valence-electron chi connectivity index (χ1n) is 6.30. The Morgan fingerprint density at radius 1 is 1.24 bits per heavy atom. The average molecular weight is 284 g/mol. The normalized spacial score (nSPS) is 9.90. The van der Waals surface area contributed by atoms with Crippen molar-refractivity contribution in [2.45, 2.75) is 6.61 Å². The van der Waals surface area contributed by atoms with Gasteiger partial charge in [0.15, 0.2) is 0 Å². The summed E-state index contributed by atoms with van der Waals surface area (Å²) in [7, 11) is 0. The van der Waals surface area contributed by atoms with Crippen molar-refractivity contribution in [1.82, 2.24) is 0 Å². The molecule has 0 saturated carbocycles. The molecule has 0 aliphatic carbocycles. The maximum absolute atomic E-state index is 13.3. The molecule has 1 N–H and O–H groups in total. The van der Waals surface area contributed by atoms with Crippen LogP contribution in [0.1, 0.15) is 11.1 Å². The lowest BCUT2D eigenvalue weighted by atomic mass is 10.2. The molecule has 0 atom stereocenters. The fraction of sp³-hybridized carbons (Fsp3) is 0.125. The number of hydrogen-bond acceptors (Lipinski definition) is 3. The number of amides is 1. The molecule has 0 bridgehead atoms. The largest absolute Gasteiger partial charge is 0.367 e. The average Bonchev–Trinajstić information content (AvgIpc) is 2.49. The lowest BCUT2D eigenvalue weighted by Crippen LogP contribution is -2.18. The molecule has 0 spiro atoms. The van der Waals surface area contributed by atoms with Crippen molar-refractivity contribution >= 4 is 11.6 Å². The first-order valence-corrected chi connectivity index (χ1v) is 6.30. The number of ether oxygens (including phenoxy) is 1. The SMILES string of the molecule is N#Cc1cccc(NC(=O)COCc2ccccc2F)c1. The van der Waals surface area contributed by atoms with Crippen LogP contribution in [-0.4, -0.2) is 12.5 Å². The Morgan fingerprint density at radius 2 is 2.05 bits per heavy atom. The van der Waals surface area contributed by atoms with E-state index in [1.807, 2.05) is 6.07 Å². The van der Waals surface area contributed by atoms with E-state index >= 15 is 0 Å². The molecule has 0 aliphatic rings. The highest BCUT2D eigenvalue weighted by atomic mass is 19.1. The minimum absolute atomic E-state index is 0.0261. The highest BCUT2D eigenvalue weighted by molar-refractivity contribution is 5.91. The second-order valence-corrected chi connectivity index (χ2v) is 4.32. The van der Waals surface area contributed by atoms with Crippen molar-refractivity contribution in [2.75, 3.05) is 11.9 Å². The fourth-order valence-corrected chi connectivity index (χ4v) is 1.73. The lowest BCUT2D eigenvalue weighted by Gasteiger charge is -2.07. The molecule has 2 aromatic carbocycles. The second kappa shape index (κ2) is 7.17. The summed E-state index contributed by atoms with van der Waals surface area (Å²) in [5, 5.41) is 11.4. The molecule has 2 rings (SSSR count). The molecular weight excluding hydrogens is 271 g/mol. The van der Waals surface area contributed by atoms with E-state index in [9.17, 15) is 9.18 Å². The van der Waals surface area contributed by atoms with Gasteiger partial charge in [-0.25, -0.2) is 4.39 Å². The van der Waals surface area contributed by atoms with Crippen molar-refractivity contribution in [2.24, 2.45) is 0 Å². The van der Waals surface area contributed by atoms with Gasteiger partial charge in [0.2, 0.25) is 5.91 Å². The van der Waals surface area contributed by atoms with Crippen LogP contribution < -0.4 is 5.32 Å². The van der Waals surface area contributed by atoms with Crippen molar-refractivity contribution in [3.05, 3.63) is 65.5 Å². The summed E-state index contributed by atoms with van der Waals surface area (Å²) < 4.78 is 18.5. The summed E-state index contributed by atoms with van der Waals surface area (Å²) in [5.41, 5.74) is 1.38. The van der Waals surface area contributed by atoms with Crippen LogP contribution in [0.5, 0.6) is 0 Å². The van der Waals surface area contributed by atoms with Gasteiger partial charge in [-0.3, -0.25) is 4.79 Å². The highest BCUT2D eigenvalue weighted by Crippen LogP contribution is 2.10. The number of carbonyl (C=O) groups is 1. The van der Waals surface area contributed by atoms with E-state index in [0.29, 0.717) is 16.8 Å². The van der Waals surface area contributed by atoms with Crippen LogP contribution in [0.4, 0.5) is 10.1 Å². The zero-order valence-electron chi connectivity index (χ0n) is 11.2. The first kappa shape index (κ1) is 14.7. The molecule has 0 saturated heterocycles. The van der Waals surface area contributed by atoms with Crippen LogP contribution in [0.15, 0.2) is 48.5 Å². The quantitative estimate of drug-likeness (QED) is 0.918. The Labute approximate surface area is 121 Å². The first-order chi connectivity index (χ1) is 10.2. The second-order valence-electron chi connectivity index (χ2n) is 4.32. The number of rotatable bonds is 5. The molecule has 0 unspecified atom stereocenters. The van der Waals surface area contributed by atoms with Gasteiger partial charge in [-0.05, 0) is 24.3 Å². The lowest BCUT2D eigenvalue weighted by molar-refractivity contribution is -0.121. The third-order valence-corrected chi connectivity index (χ3v) is 2.72. The summed E-state index contributed by atoms with van der Waals surface area (Å²) in [4.78, 5) is 11.7. The van der Waals surface area contributed by atoms with Crippen molar-refractivity contribution in [1.29, 1.82) is 5.26 Å². The molecule has 106 valence electrons. The van der Waals surface area contributed by atoms with E-state index in [2.05, 4.69) is 5.32 Å². The van der Waals surface area contributed by atoms with Gasteiger partial charge >= 0.3 is 0 Å². The van der Waals surface area contributed by atoms with E-state index in [1.165, 1.54) is 6.07 Å². The van der Waals surface area contributed by atoms with Gasteiger partial charge in [-0.15, -0.1) is 0 Å². The number of nitriles is 1. The molecule has 2 aromatic rings. The van der Waals surface area contributed by atoms with E-state index in [-0.39, 0.29) is 24.9 Å². The number of benzene rings is 2. The third kappa shape index (κ3) is 4.41. The molecular formula is C16H13FN2O2. The van der Waals surface area contributed by atoms with Gasteiger partial charge in [0.1, 0.15) is 12.4 Å². The van der Waals surface area contributed by atoms with Crippen molar-refractivity contribution in [3.63, 3.8) is 0 Å². The van der Waals surface area contributed by atoms with Crippen molar-refractivity contribution < 1.29 is 13.9 Å². The smallest absolute Gasteiger partial charge is 0.250 e. The van der Waals surface area contributed by atoms with Crippen LogP contribution in [0.3, 0.4) is 0 Å². The molecule has 21 heavy (non-hydrogen) atoms. The summed E-state index contributed by atoms with van der Waals surface area (Å²) in [6.45, 7) is -0.163. The van der Waals surface area contributed by atoms with Gasteiger partial charge < -0.3 is 10.1 Å². The summed E-state index contributed by atoms with van der Waals surface area (Å²) in [5.74, 6) is -0.721. The molecule has 0 aromatic heterocycles. The summed E-state index contributed by atoms with van der Waals surface area (Å²) in [6, 6.07) is 14.8. The molecule has 1 amide bonds. The number of anilines is 1. The minimum atomic E-state index is -0.361. The topological polar surface area (TPSA) is 62.1 Å². The van der Waals surface area contributed by atoms with E-state index in [1.54, 1.807) is 42.5 Å². The number of hydrogen-bond donors (Lipinski definition) is 1. The molecule has 0 aliphatic heterocycles. The molecule has 0 fully saturated rings. The third-order valence-electron chi connectivity index (χ3n) is 2.72. The molecule has 5 heteroatoms. The standard InChI is InChI=1S/C16H13FN2O2/c17-15-7-2-1-5-13(15)10-21-11-16(20)19-14-6-3-4-12(8-14)9-18/h1-8H,10-11H2,(H,19,20). The number of carbonyl (C=O) groups excluding carboxylic acids is 1. The fourth-order valence-electron chi connectivity index (χ4n) is 1.73. The molecule has 0 heterocycles. The highest BCUT2D eigenvalue weighted by Gasteiger charge is 2.05. The van der Waals surface area contributed by atoms with Gasteiger partial charge in [0.05, 0.1) is 18.2 Å². The van der Waals surface area contributed by atoms with Crippen LogP contribution in [-0.2, 0) is 16.1 Å². The van der Waals surface area contributed by atoms with Crippen LogP contribution in [0, 0.1) is 17.1 Å². The van der Waals surface area contributed by atoms with E-state index in [4.69, 9.17) is 10.00 Å². The van der Waals surface area contributed by atoms with Gasteiger partial charge in [-0.2, -0.15) is 5.26 Å². The van der Waals surface area contributed by atoms with Crippen molar-refractivity contribution in [3.8, 4) is 6.07 Å².